The number of thioether (sulfide) groups is 1. The second kappa shape index (κ2) is 8.97. The molecular formula is C19H26N2O2S. The van der Waals surface area contributed by atoms with Gasteiger partial charge in [-0.25, -0.2) is 0 Å². The van der Waals surface area contributed by atoms with Crippen LogP contribution in [0.25, 0.3) is 0 Å². The van der Waals surface area contributed by atoms with Gasteiger partial charge in [0.2, 0.25) is 0 Å². The monoisotopic (exact) mass is 346 g/mol. The Kier molecular flexibility index (Phi) is 6.97. The van der Waals surface area contributed by atoms with E-state index in [-0.39, 0.29) is 6.61 Å². The fourth-order valence-electron chi connectivity index (χ4n) is 2.42. The quantitative estimate of drug-likeness (QED) is 0.738. The molecule has 0 aliphatic heterocycles. The first-order valence-electron chi connectivity index (χ1n) is 7.95. The van der Waals surface area contributed by atoms with Crippen molar-refractivity contribution >= 4 is 17.4 Å². The predicted molar refractivity (Wildman–Crippen MR) is 102 cm³/mol. The van der Waals surface area contributed by atoms with Crippen LogP contribution in [0.2, 0.25) is 0 Å². The normalized spacial score (nSPS) is 10.9. The maximum absolute atomic E-state index is 9.13. The van der Waals surface area contributed by atoms with Crippen molar-refractivity contribution in [2.24, 2.45) is 0 Å². The second-order valence-electron chi connectivity index (χ2n) is 5.95. The average Bonchev–Trinajstić information content (AvgIpc) is 2.57. The van der Waals surface area contributed by atoms with Gasteiger partial charge < -0.3 is 19.6 Å². The summed E-state index contributed by atoms with van der Waals surface area (Å²) in [4.78, 5) is 5.38. The van der Waals surface area contributed by atoms with Crippen LogP contribution in [0.5, 0.6) is 11.5 Å². The number of aliphatic hydroxyl groups is 1. The van der Waals surface area contributed by atoms with Crippen molar-refractivity contribution in [3.8, 4) is 11.5 Å². The van der Waals surface area contributed by atoms with Gasteiger partial charge in [-0.05, 0) is 62.8 Å². The van der Waals surface area contributed by atoms with E-state index in [0.717, 1.165) is 29.3 Å². The molecule has 0 radical (unpaired) electrons. The van der Waals surface area contributed by atoms with Crippen LogP contribution in [-0.2, 0) is 6.54 Å². The lowest BCUT2D eigenvalue weighted by Gasteiger charge is -2.21. The third-order valence-corrected chi connectivity index (χ3v) is 4.44. The van der Waals surface area contributed by atoms with Gasteiger partial charge in [-0.15, -0.1) is 11.8 Å². The molecule has 0 aliphatic carbocycles. The van der Waals surface area contributed by atoms with Gasteiger partial charge in [-0.1, -0.05) is 0 Å². The zero-order valence-corrected chi connectivity index (χ0v) is 15.6. The van der Waals surface area contributed by atoms with Crippen LogP contribution >= 0.6 is 11.8 Å². The first-order valence-corrected chi connectivity index (χ1v) is 9.17. The van der Waals surface area contributed by atoms with E-state index in [4.69, 9.17) is 9.84 Å². The third kappa shape index (κ3) is 5.16. The maximum atomic E-state index is 9.13. The van der Waals surface area contributed by atoms with Crippen molar-refractivity contribution in [1.29, 1.82) is 0 Å². The number of hydrogen-bond donors (Lipinski definition) is 1. The molecule has 0 atom stereocenters. The zero-order valence-electron chi connectivity index (χ0n) is 14.8. The van der Waals surface area contributed by atoms with Gasteiger partial charge in [-0.2, -0.15) is 0 Å². The molecule has 24 heavy (non-hydrogen) atoms. The van der Waals surface area contributed by atoms with E-state index in [2.05, 4.69) is 29.4 Å². The van der Waals surface area contributed by atoms with Crippen LogP contribution in [0, 0.1) is 0 Å². The molecular weight excluding hydrogens is 320 g/mol. The van der Waals surface area contributed by atoms with Gasteiger partial charge in [0.15, 0.2) is 0 Å². The molecule has 0 fully saturated rings. The van der Waals surface area contributed by atoms with Gasteiger partial charge in [0.1, 0.15) is 11.5 Å². The summed E-state index contributed by atoms with van der Waals surface area (Å²) >= 11 is 1.72. The minimum absolute atomic E-state index is 0.138. The largest absolute Gasteiger partial charge is 0.457 e. The van der Waals surface area contributed by atoms with E-state index >= 15 is 0 Å². The number of benzene rings is 2. The lowest BCUT2D eigenvalue weighted by Crippen LogP contribution is -2.21. The standard InChI is InChI=1S/C19H26N2O2S/c1-20(2)14-15-13-16(21(3)11-12-22)5-10-19(15)23-17-6-8-18(24-4)9-7-17/h5-10,13,22H,11-12,14H2,1-4H3. The molecule has 0 heterocycles. The van der Waals surface area contributed by atoms with Gasteiger partial charge >= 0.3 is 0 Å². The minimum Gasteiger partial charge on any atom is -0.457 e. The van der Waals surface area contributed by atoms with E-state index in [9.17, 15) is 0 Å². The number of hydrogen-bond acceptors (Lipinski definition) is 5. The minimum atomic E-state index is 0.138. The Balaban J connectivity index is 2.26. The summed E-state index contributed by atoms with van der Waals surface area (Å²) < 4.78 is 6.10. The van der Waals surface area contributed by atoms with Gasteiger partial charge in [-0.3, -0.25) is 0 Å². The number of rotatable bonds is 8. The fraction of sp³-hybridized carbons (Fsp3) is 0.368. The highest BCUT2D eigenvalue weighted by Gasteiger charge is 2.10. The zero-order chi connectivity index (χ0) is 17.5. The molecule has 2 aromatic rings. The van der Waals surface area contributed by atoms with Crippen LogP contribution in [-0.4, -0.2) is 50.6 Å². The number of anilines is 1. The Bertz CT molecular complexity index is 644. The molecule has 0 saturated heterocycles. The summed E-state index contributed by atoms with van der Waals surface area (Å²) in [5, 5.41) is 9.13. The van der Waals surface area contributed by atoms with E-state index in [1.54, 1.807) is 11.8 Å². The van der Waals surface area contributed by atoms with Crippen molar-refractivity contribution in [2.45, 2.75) is 11.4 Å². The highest BCUT2D eigenvalue weighted by molar-refractivity contribution is 7.98. The Labute approximate surface area is 149 Å². The number of nitrogens with zero attached hydrogens (tertiary/aromatic N) is 2. The first kappa shape index (κ1) is 18.6. The number of ether oxygens (including phenoxy) is 1. The summed E-state index contributed by atoms with van der Waals surface area (Å²) in [5.41, 5.74) is 2.20. The summed E-state index contributed by atoms with van der Waals surface area (Å²) in [6, 6.07) is 14.3. The van der Waals surface area contributed by atoms with Crippen molar-refractivity contribution in [2.75, 3.05) is 45.5 Å². The second-order valence-corrected chi connectivity index (χ2v) is 6.83. The van der Waals surface area contributed by atoms with Crippen LogP contribution in [0.4, 0.5) is 5.69 Å². The lowest BCUT2D eigenvalue weighted by molar-refractivity contribution is 0.304. The Morgan fingerprint density at radius 2 is 1.75 bits per heavy atom. The highest BCUT2D eigenvalue weighted by atomic mass is 32.2. The molecule has 0 aromatic heterocycles. The highest BCUT2D eigenvalue weighted by Crippen LogP contribution is 2.30. The van der Waals surface area contributed by atoms with Crippen LogP contribution < -0.4 is 9.64 Å². The summed E-state index contributed by atoms with van der Waals surface area (Å²) in [6.45, 7) is 1.54. The van der Waals surface area contributed by atoms with Crippen molar-refractivity contribution in [3.63, 3.8) is 0 Å². The van der Waals surface area contributed by atoms with Gasteiger partial charge in [0.05, 0.1) is 6.61 Å². The average molecular weight is 346 g/mol. The van der Waals surface area contributed by atoms with Crippen molar-refractivity contribution in [1.82, 2.24) is 4.90 Å². The SMILES string of the molecule is CSc1ccc(Oc2ccc(N(C)CCO)cc2CN(C)C)cc1. The Hall–Kier alpha value is -1.69. The molecule has 130 valence electrons. The van der Waals surface area contributed by atoms with Crippen LogP contribution in [0.1, 0.15) is 5.56 Å². The number of likely N-dealkylation sites (N-methyl/N-ethyl adjacent to an activating group) is 1. The van der Waals surface area contributed by atoms with Gasteiger partial charge in [0.25, 0.3) is 0 Å². The molecule has 2 aromatic carbocycles. The van der Waals surface area contributed by atoms with E-state index in [0.29, 0.717) is 6.54 Å². The smallest absolute Gasteiger partial charge is 0.132 e. The molecule has 1 N–H and O–H groups in total. The lowest BCUT2D eigenvalue weighted by atomic mass is 10.1. The molecule has 0 bridgehead atoms. The molecule has 0 spiro atoms. The van der Waals surface area contributed by atoms with Gasteiger partial charge in [0, 0.05) is 36.3 Å². The topological polar surface area (TPSA) is 35.9 Å². The molecule has 0 aliphatic rings. The molecule has 0 unspecified atom stereocenters. The van der Waals surface area contributed by atoms with E-state index in [1.807, 2.05) is 50.3 Å². The summed E-state index contributed by atoms with van der Waals surface area (Å²) in [6.07, 6.45) is 2.06. The summed E-state index contributed by atoms with van der Waals surface area (Å²) in [5.74, 6) is 1.70. The van der Waals surface area contributed by atoms with E-state index in [1.165, 1.54) is 4.90 Å². The molecule has 4 nitrogen and oxygen atoms in total. The van der Waals surface area contributed by atoms with Crippen LogP contribution in [0.3, 0.4) is 0 Å². The van der Waals surface area contributed by atoms with E-state index < -0.39 is 0 Å². The molecule has 0 saturated carbocycles. The Morgan fingerprint density at radius 1 is 1.04 bits per heavy atom. The maximum Gasteiger partial charge on any atom is 0.132 e. The van der Waals surface area contributed by atoms with Crippen LogP contribution in [0.15, 0.2) is 47.4 Å². The fourth-order valence-corrected chi connectivity index (χ4v) is 2.83. The van der Waals surface area contributed by atoms with Crippen molar-refractivity contribution < 1.29 is 9.84 Å². The first-order chi connectivity index (χ1) is 11.5. The molecule has 0 amide bonds. The molecule has 2 rings (SSSR count). The third-order valence-electron chi connectivity index (χ3n) is 3.69. The predicted octanol–water partition coefficient (Wildman–Crippen LogP) is 3.69. The number of aliphatic hydroxyl groups excluding tert-OH is 1. The van der Waals surface area contributed by atoms with Crippen molar-refractivity contribution in [3.05, 3.63) is 48.0 Å². The summed E-state index contributed by atoms with van der Waals surface area (Å²) in [7, 11) is 6.06. The Morgan fingerprint density at radius 3 is 2.33 bits per heavy atom. The molecule has 5 heteroatoms.